The van der Waals surface area contributed by atoms with Crippen LogP contribution in [-0.4, -0.2) is 26.5 Å². The number of ether oxygens (including phenoxy) is 2. The molecule has 0 N–H and O–H groups in total. The maximum Gasteiger partial charge on any atom is 0.256 e. The molecule has 0 spiro atoms. The summed E-state index contributed by atoms with van der Waals surface area (Å²) in [4.78, 5) is 12.5. The summed E-state index contributed by atoms with van der Waals surface area (Å²) < 4.78 is 14.9. The van der Waals surface area contributed by atoms with Gasteiger partial charge in [0.25, 0.3) is 13.4 Å². The molecular weight excluding hydrogens is 988 g/mol. The summed E-state index contributed by atoms with van der Waals surface area (Å²) in [5.41, 5.74) is 24.7. The molecule has 0 aliphatic carbocycles. The summed E-state index contributed by atoms with van der Waals surface area (Å²) in [5.74, 6) is 3.66. The normalized spacial score (nSPS) is 14.4. The lowest BCUT2D eigenvalue weighted by Gasteiger charge is -2.48. The van der Waals surface area contributed by atoms with Gasteiger partial charge in [-0.25, -0.2) is 0 Å². The van der Waals surface area contributed by atoms with Gasteiger partial charge >= 0.3 is 0 Å². The van der Waals surface area contributed by atoms with Crippen LogP contribution >= 0.6 is 0 Å². The fourth-order valence-electron chi connectivity index (χ4n) is 14.4. The van der Waals surface area contributed by atoms with E-state index in [2.05, 4.69) is 273 Å². The quantitative estimate of drug-likeness (QED) is 0.140. The molecule has 384 valence electrons. The second-order valence-corrected chi connectivity index (χ2v) is 22.1. The lowest BCUT2D eigenvalue weighted by atomic mass is 9.30. The predicted molar refractivity (Wildman–Crippen MR) is 336 cm³/mol. The van der Waals surface area contributed by atoms with E-state index in [1.165, 1.54) is 50.0 Å². The van der Waals surface area contributed by atoms with E-state index in [1.807, 2.05) is 0 Å². The predicted octanol–water partition coefficient (Wildman–Crippen LogP) is 14.1. The van der Waals surface area contributed by atoms with Crippen molar-refractivity contribution in [1.29, 1.82) is 0 Å². The number of anilines is 13. The number of hydrogen-bond acceptors (Lipinski definition) is 7. The lowest BCUT2D eigenvalue weighted by Crippen LogP contribution is -2.64. The van der Waals surface area contributed by atoms with Crippen molar-refractivity contribution in [3.05, 3.63) is 260 Å². The van der Waals surface area contributed by atoms with Crippen LogP contribution in [0.25, 0.3) is 0 Å². The fraction of sp³-hybridized carbons (Fsp3) is 0.0833. The minimum Gasteiger partial charge on any atom is -0.458 e. The summed E-state index contributed by atoms with van der Waals surface area (Å²) in [6.45, 7) is 1.82. The van der Waals surface area contributed by atoms with Gasteiger partial charge in [-0.05, 0) is 161 Å². The van der Waals surface area contributed by atoms with E-state index in [9.17, 15) is 0 Å². The minimum absolute atomic E-state index is 0.136. The molecule has 0 saturated carbocycles. The zero-order valence-electron chi connectivity index (χ0n) is 44.6. The number of rotatable bonds is 8. The van der Waals surface area contributed by atoms with E-state index in [0.717, 1.165) is 130 Å². The summed E-state index contributed by atoms with van der Waals surface area (Å²) in [7, 11) is 0. The molecule has 6 heterocycles. The Kier molecular flexibility index (Phi) is 10.5. The Morgan fingerprint density at radius 3 is 1.44 bits per heavy atom. The summed E-state index contributed by atoms with van der Waals surface area (Å²) in [6, 6.07) is 90.5. The number of fused-ring (bicyclic) bond motifs is 10. The molecule has 7 nitrogen and oxygen atoms in total. The van der Waals surface area contributed by atoms with Crippen LogP contribution in [0.1, 0.15) is 24.0 Å². The Hall–Kier alpha value is -9.85. The van der Waals surface area contributed by atoms with Gasteiger partial charge in [0.1, 0.15) is 23.0 Å². The average molecular weight is 1040 g/mol. The van der Waals surface area contributed by atoms with Crippen molar-refractivity contribution in [2.45, 2.75) is 25.7 Å². The highest BCUT2D eigenvalue weighted by atomic mass is 16.5. The molecule has 11 aromatic carbocycles. The highest BCUT2D eigenvalue weighted by molar-refractivity contribution is 7.02. The van der Waals surface area contributed by atoms with Crippen molar-refractivity contribution in [3.8, 4) is 23.0 Å². The van der Waals surface area contributed by atoms with Gasteiger partial charge in [0.15, 0.2) is 0 Å². The first-order valence-corrected chi connectivity index (χ1v) is 28.6. The SMILES string of the molecule is c1ccc(N(c2ccccc2)c2ccc3c(c2)Oc2c4c5c(c6c2B3c2cc3c(cc2N6c2ccccc2)N(c2ccccc2)c2cc(N(c6ccccc6)c6ccccc6)cc6c2B3c2ccccc2O6)CCCN5CCC4)cc1. The first kappa shape index (κ1) is 46.1. The van der Waals surface area contributed by atoms with Gasteiger partial charge in [-0.1, -0.05) is 140 Å². The maximum absolute atomic E-state index is 7.69. The second kappa shape index (κ2) is 18.4. The fourth-order valence-corrected chi connectivity index (χ4v) is 14.4. The third-order valence-electron chi connectivity index (χ3n) is 17.7. The molecule has 0 saturated heterocycles. The monoisotopic (exact) mass is 1040 g/mol. The van der Waals surface area contributed by atoms with E-state index >= 15 is 0 Å². The molecule has 0 fully saturated rings. The Balaban J connectivity index is 0.960. The zero-order valence-corrected chi connectivity index (χ0v) is 44.6. The first-order chi connectivity index (χ1) is 40.2. The van der Waals surface area contributed by atoms with E-state index < -0.39 is 0 Å². The van der Waals surface area contributed by atoms with Gasteiger partial charge in [0, 0.05) is 93.3 Å². The number of hydrogen-bond donors (Lipinski definition) is 0. The standard InChI is InChI=1S/C72H53B2N5O2/c1-7-23-48(24-8-1)76(49-25-9-2-10-26-49)54-39-40-59-66(44-54)81-72-57-36-22-42-75-41-21-35-56(70(57)75)71-69(72)74(59)61-46-60-62(47-63(61)79(71)53-33-17-6-18-34-53)78(52-31-15-5-16-32-52)64-43-55(45-67-68(64)73(60)58-37-19-20-38-65(58)80-67)77(50-27-11-3-12-28-50)51-29-13-4-14-30-51/h1-20,23-34,37-40,43-47H,21-22,35-36,41-42H2. The third-order valence-corrected chi connectivity index (χ3v) is 17.7. The Morgan fingerprint density at radius 1 is 0.333 bits per heavy atom. The van der Waals surface area contributed by atoms with Crippen molar-refractivity contribution in [2.75, 3.05) is 37.6 Å². The topological polar surface area (TPSA) is 34.7 Å². The summed E-state index contributed by atoms with van der Waals surface area (Å²) in [5, 5.41) is 0. The van der Waals surface area contributed by atoms with Crippen molar-refractivity contribution >= 4 is 120 Å². The van der Waals surface area contributed by atoms with Crippen LogP contribution in [0.2, 0.25) is 0 Å². The van der Waals surface area contributed by atoms with Crippen LogP contribution in [0.5, 0.6) is 23.0 Å². The van der Waals surface area contributed by atoms with Gasteiger partial charge in [0.05, 0.1) is 11.4 Å². The van der Waals surface area contributed by atoms with E-state index in [4.69, 9.17) is 9.47 Å². The highest BCUT2D eigenvalue weighted by Gasteiger charge is 2.50. The van der Waals surface area contributed by atoms with Crippen molar-refractivity contribution in [3.63, 3.8) is 0 Å². The maximum atomic E-state index is 7.69. The van der Waals surface area contributed by atoms with Crippen LogP contribution in [0.15, 0.2) is 249 Å². The van der Waals surface area contributed by atoms with Crippen LogP contribution in [0, 0.1) is 0 Å². The number of nitrogens with zero attached hydrogens (tertiary/aromatic N) is 5. The highest BCUT2D eigenvalue weighted by Crippen LogP contribution is 2.54. The third kappa shape index (κ3) is 7.10. The zero-order chi connectivity index (χ0) is 53.1. The smallest absolute Gasteiger partial charge is 0.256 e. The van der Waals surface area contributed by atoms with Crippen molar-refractivity contribution in [2.24, 2.45) is 0 Å². The molecule has 0 aromatic heterocycles. The molecular formula is C72H53B2N5O2. The van der Waals surface area contributed by atoms with Gasteiger partial charge in [0.2, 0.25) is 0 Å². The van der Waals surface area contributed by atoms with E-state index in [0.29, 0.717) is 0 Å². The van der Waals surface area contributed by atoms with Gasteiger partial charge < -0.3 is 34.0 Å². The average Bonchev–Trinajstić information content (AvgIpc) is 3.37. The van der Waals surface area contributed by atoms with Gasteiger partial charge in [-0.15, -0.1) is 0 Å². The molecule has 81 heavy (non-hydrogen) atoms. The molecule has 6 aliphatic heterocycles. The Morgan fingerprint density at radius 2 is 0.827 bits per heavy atom. The van der Waals surface area contributed by atoms with Crippen LogP contribution in [0.3, 0.4) is 0 Å². The molecule has 0 atom stereocenters. The molecule has 11 aromatic rings. The van der Waals surface area contributed by atoms with Crippen LogP contribution < -0.4 is 66.8 Å². The molecule has 0 unspecified atom stereocenters. The minimum atomic E-state index is -0.146. The van der Waals surface area contributed by atoms with Crippen molar-refractivity contribution in [1.82, 2.24) is 0 Å². The molecule has 0 radical (unpaired) electrons. The molecule has 17 rings (SSSR count). The molecule has 9 heteroatoms. The summed E-state index contributed by atoms with van der Waals surface area (Å²) >= 11 is 0. The number of benzene rings is 11. The van der Waals surface area contributed by atoms with E-state index in [1.54, 1.807) is 0 Å². The Bertz CT molecular complexity index is 4200. The largest absolute Gasteiger partial charge is 0.458 e. The van der Waals surface area contributed by atoms with Crippen LogP contribution in [-0.2, 0) is 12.8 Å². The number of para-hydroxylation sites is 7. The van der Waals surface area contributed by atoms with Crippen molar-refractivity contribution < 1.29 is 9.47 Å². The summed E-state index contributed by atoms with van der Waals surface area (Å²) in [6.07, 6.45) is 4.18. The molecule has 0 bridgehead atoms. The van der Waals surface area contributed by atoms with Gasteiger partial charge in [-0.3, -0.25) is 0 Å². The van der Waals surface area contributed by atoms with E-state index in [-0.39, 0.29) is 13.4 Å². The lowest BCUT2D eigenvalue weighted by molar-refractivity contribution is 0.475. The van der Waals surface area contributed by atoms with Crippen LogP contribution in [0.4, 0.5) is 73.9 Å². The first-order valence-electron chi connectivity index (χ1n) is 28.6. The molecule has 0 amide bonds. The Labute approximate surface area is 473 Å². The van der Waals surface area contributed by atoms with Gasteiger partial charge in [-0.2, -0.15) is 0 Å². The molecule has 6 aliphatic rings. The second-order valence-electron chi connectivity index (χ2n) is 22.1.